The Bertz CT molecular complexity index is 558. The summed E-state index contributed by atoms with van der Waals surface area (Å²) in [6.07, 6.45) is -0.168. The molecule has 118 valence electrons. The molecule has 0 aliphatic rings. The van der Waals surface area contributed by atoms with Crippen LogP contribution in [0.25, 0.3) is 0 Å². The molecular weight excluding hydrogens is 309 g/mol. The average Bonchev–Trinajstić information content (AvgIpc) is 2.56. The number of carbonyl (C=O) groups excluding carboxylic acids is 2. The highest BCUT2D eigenvalue weighted by atomic mass is 31.1. The molecule has 0 fully saturated rings. The molecule has 0 spiro atoms. The third kappa shape index (κ3) is 6.47. The van der Waals surface area contributed by atoms with E-state index in [0.29, 0.717) is 0 Å². The Labute approximate surface area is 128 Å². The lowest BCUT2D eigenvalue weighted by Gasteiger charge is -2.08. The van der Waals surface area contributed by atoms with Gasteiger partial charge in [0.15, 0.2) is 6.16 Å². The van der Waals surface area contributed by atoms with Gasteiger partial charge in [-0.25, -0.2) is 9.59 Å². The summed E-state index contributed by atoms with van der Waals surface area (Å²) in [5.74, 6) is -0.794. The predicted molar refractivity (Wildman–Crippen MR) is 79.4 cm³/mol. The maximum absolute atomic E-state index is 11.7. The summed E-state index contributed by atoms with van der Waals surface area (Å²) in [5.41, 5.74) is 0.613. The first-order valence-corrected chi connectivity index (χ1v) is 7.99. The number of methoxy groups -OCH3 is 1. The van der Waals surface area contributed by atoms with Gasteiger partial charge in [-0.05, 0) is 11.6 Å². The van der Waals surface area contributed by atoms with Gasteiger partial charge < -0.3 is 14.6 Å². The van der Waals surface area contributed by atoms with E-state index >= 15 is 0 Å². The summed E-state index contributed by atoms with van der Waals surface area (Å²) in [4.78, 5) is 23.2. The number of alkyl carbamates (subject to hydrolysis) is 1. The summed E-state index contributed by atoms with van der Waals surface area (Å²) < 4.78 is 20.7. The van der Waals surface area contributed by atoms with Gasteiger partial charge in [0, 0.05) is 0 Å². The van der Waals surface area contributed by atoms with Crippen LogP contribution in [0.3, 0.4) is 0 Å². The maximum atomic E-state index is 11.7. The van der Waals surface area contributed by atoms with E-state index in [0.717, 1.165) is 12.7 Å². The minimum absolute atomic E-state index is 0.0476. The molecule has 8 heteroatoms. The molecular formula is C14H17NO6P+. The first-order chi connectivity index (χ1) is 10.6. The molecule has 7 nitrogen and oxygen atoms in total. The lowest BCUT2D eigenvalue weighted by Crippen LogP contribution is -2.28. The number of benzene rings is 1. The molecule has 0 aromatic heterocycles. The summed E-state index contributed by atoms with van der Waals surface area (Å²) in [7, 11) is -0.728. The fourth-order valence-electron chi connectivity index (χ4n) is 1.42. The van der Waals surface area contributed by atoms with Crippen molar-refractivity contribution in [3.05, 3.63) is 47.7 Å². The molecule has 0 heterocycles. The van der Waals surface area contributed by atoms with Crippen molar-refractivity contribution in [1.82, 2.24) is 5.32 Å². The second kappa shape index (κ2) is 9.65. The molecule has 0 aliphatic heterocycles. The second-order valence-corrected chi connectivity index (χ2v) is 5.71. The molecule has 1 aromatic carbocycles. The number of esters is 1. The van der Waals surface area contributed by atoms with E-state index in [-0.39, 0.29) is 18.5 Å². The molecule has 1 unspecified atom stereocenters. The van der Waals surface area contributed by atoms with Gasteiger partial charge >= 0.3 is 19.9 Å². The van der Waals surface area contributed by atoms with Gasteiger partial charge in [0.25, 0.3) is 0 Å². The van der Waals surface area contributed by atoms with Gasteiger partial charge in [-0.3, -0.25) is 5.32 Å². The summed E-state index contributed by atoms with van der Waals surface area (Å²) in [6.45, 7) is 0.0476. The Hall–Kier alpha value is -2.24. The molecule has 0 saturated heterocycles. The first-order valence-electron chi connectivity index (χ1n) is 6.36. The maximum Gasteiger partial charge on any atom is 0.412 e. The molecule has 1 aromatic rings. The van der Waals surface area contributed by atoms with Crippen molar-refractivity contribution >= 4 is 19.9 Å². The van der Waals surface area contributed by atoms with Gasteiger partial charge in [0.2, 0.25) is 6.35 Å². The Kier molecular flexibility index (Phi) is 7.81. The number of carbonyl (C=O) groups is 2. The molecule has 1 rings (SSSR count). The van der Waals surface area contributed by atoms with E-state index in [4.69, 9.17) is 9.84 Å². The van der Waals surface area contributed by atoms with Crippen LogP contribution in [0.5, 0.6) is 0 Å². The van der Waals surface area contributed by atoms with Crippen LogP contribution in [0.2, 0.25) is 0 Å². The third-order valence-electron chi connectivity index (χ3n) is 2.51. The van der Waals surface area contributed by atoms with Crippen LogP contribution in [0.1, 0.15) is 5.56 Å². The van der Waals surface area contributed by atoms with Gasteiger partial charge in [0.1, 0.15) is 12.3 Å². The fourth-order valence-corrected chi connectivity index (χ4v) is 1.92. The third-order valence-corrected chi connectivity index (χ3v) is 3.42. The number of hydrogen-bond acceptors (Lipinski definition) is 6. The van der Waals surface area contributed by atoms with Crippen molar-refractivity contribution in [3.63, 3.8) is 0 Å². The molecule has 1 amide bonds. The van der Waals surface area contributed by atoms with Crippen LogP contribution in [0.15, 0.2) is 42.1 Å². The monoisotopic (exact) mass is 326 g/mol. The van der Waals surface area contributed by atoms with Crippen molar-refractivity contribution in [2.75, 3.05) is 19.6 Å². The van der Waals surface area contributed by atoms with E-state index in [2.05, 4.69) is 10.1 Å². The van der Waals surface area contributed by atoms with Crippen molar-refractivity contribution in [2.45, 2.75) is 6.61 Å². The highest BCUT2D eigenvalue weighted by Crippen LogP contribution is 2.18. The molecule has 2 N–H and O–H groups in total. The molecule has 1 atom stereocenters. The van der Waals surface area contributed by atoms with E-state index < -0.39 is 26.2 Å². The van der Waals surface area contributed by atoms with E-state index in [1.54, 1.807) is 12.1 Å². The topological polar surface area (TPSA) is 102 Å². The van der Waals surface area contributed by atoms with Crippen molar-refractivity contribution in [2.24, 2.45) is 0 Å². The normalized spacial score (nSPS) is 11.5. The van der Waals surface area contributed by atoms with Gasteiger partial charge in [-0.15, -0.1) is 0 Å². The number of aliphatic hydroxyl groups excluding tert-OH is 1. The Morgan fingerprint density at radius 2 is 2.00 bits per heavy atom. The number of nitrogens with one attached hydrogen (secondary N) is 1. The van der Waals surface area contributed by atoms with Crippen LogP contribution in [0, 0.1) is 0 Å². The van der Waals surface area contributed by atoms with Crippen LogP contribution in [-0.2, 0) is 25.4 Å². The number of allylic oxidation sites excluding steroid dienone is 1. The van der Waals surface area contributed by atoms with Crippen LogP contribution in [0.4, 0.5) is 4.79 Å². The van der Waals surface area contributed by atoms with Crippen LogP contribution in [-0.4, -0.2) is 36.8 Å². The van der Waals surface area contributed by atoms with E-state index in [1.807, 2.05) is 18.2 Å². The minimum Gasteiger partial charge on any atom is -0.464 e. The zero-order valence-electron chi connectivity index (χ0n) is 12.0. The lowest BCUT2D eigenvalue weighted by atomic mass is 10.2. The molecule has 22 heavy (non-hydrogen) atoms. The van der Waals surface area contributed by atoms with Crippen molar-refractivity contribution in [3.8, 4) is 0 Å². The van der Waals surface area contributed by atoms with Crippen molar-refractivity contribution in [1.29, 1.82) is 0 Å². The number of ether oxygens (including phenoxy) is 2. The summed E-state index contributed by atoms with van der Waals surface area (Å²) >= 11 is 0. The smallest absolute Gasteiger partial charge is 0.412 e. The molecule has 0 aliphatic carbocycles. The average molecular weight is 326 g/mol. The minimum atomic E-state index is -1.88. The van der Waals surface area contributed by atoms with Gasteiger partial charge in [-0.2, -0.15) is 0 Å². The van der Waals surface area contributed by atoms with Gasteiger partial charge in [0.05, 0.1) is 7.11 Å². The zero-order chi connectivity index (χ0) is 16.4. The predicted octanol–water partition coefficient (Wildman–Crippen LogP) is 1.75. The first kappa shape index (κ1) is 17.8. The summed E-state index contributed by atoms with van der Waals surface area (Å²) in [5, 5.41) is 10.9. The highest BCUT2D eigenvalue weighted by Gasteiger charge is 2.18. The Morgan fingerprint density at radius 3 is 2.59 bits per heavy atom. The number of hydrogen-bond donors (Lipinski definition) is 2. The number of amides is 1. The highest BCUT2D eigenvalue weighted by molar-refractivity contribution is 7.44. The Morgan fingerprint density at radius 1 is 1.32 bits per heavy atom. The zero-order valence-corrected chi connectivity index (χ0v) is 12.9. The molecule has 0 saturated carbocycles. The van der Waals surface area contributed by atoms with Crippen LogP contribution < -0.4 is 5.32 Å². The Balaban J connectivity index is 2.59. The molecule has 0 bridgehead atoms. The van der Waals surface area contributed by atoms with Crippen LogP contribution >= 0.6 is 7.80 Å². The standard InChI is InChI=1S/C14H16NO6P/c1-20-13(17)12(7-8-22(19)10-16)15-14(18)21-9-11-5-3-2-4-6-11/h2-7,16H,8-10H2,1H3/p+1/b12-7+. The fraction of sp³-hybridized carbons (Fsp3) is 0.286. The number of aliphatic hydroxyl groups is 1. The lowest BCUT2D eigenvalue weighted by molar-refractivity contribution is -0.136. The van der Waals surface area contributed by atoms with E-state index in [9.17, 15) is 14.2 Å². The van der Waals surface area contributed by atoms with E-state index in [1.165, 1.54) is 6.08 Å². The number of rotatable bonds is 7. The SMILES string of the molecule is COC(=O)/C(=C\C[P+](=O)CO)NC(=O)OCc1ccccc1. The largest absolute Gasteiger partial charge is 0.464 e. The van der Waals surface area contributed by atoms with Gasteiger partial charge in [-0.1, -0.05) is 34.9 Å². The second-order valence-electron chi connectivity index (χ2n) is 4.10. The molecule has 0 radical (unpaired) electrons. The quantitative estimate of drug-likeness (QED) is 0.450. The van der Waals surface area contributed by atoms with Crippen molar-refractivity contribution < 1.29 is 28.7 Å². The summed E-state index contributed by atoms with van der Waals surface area (Å²) in [6, 6.07) is 9.03.